The van der Waals surface area contributed by atoms with Gasteiger partial charge in [0.05, 0.1) is 24.0 Å². The van der Waals surface area contributed by atoms with Crippen LogP contribution in [0.25, 0.3) is 0 Å². The number of anilines is 1. The summed E-state index contributed by atoms with van der Waals surface area (Å²) in [5, 5.41) is 1.87. The molecule has 1 aromatic carbocycles. The van der Waals surface area contributed by atoms with Gasteiger partial charge in [-0.2, -0.15) is 0 Å². The number of carbonyl (C=O) groups is 2. The molecule has 0 aliphatic carbocycles. The molecular formula is C18H19NO5S2. The second-order valence-corrected chi connectivity index (χ2v) is 9.33. The van der Waals surface area contributed by atoms with Crippen molar-refractivity contribution in [3.63, 3.8) is 0 Å². The van der Waals surface area contributed by atoms with Crippen LogP contribution in [0.4, 0.5) is 5.69 Å². The molecule has 1 amide bonds. The number of hydrogen-bond donors (Lipinski definition) is 0. The molecule has 0 radical (unpaired) electrons. The third-order valence-corrected chi connectivity index (χ3v) is 6.76. The SMILES string of the molecule is O=C(Cc1cccs1)OCC(=O)N(c1ccccc1)[C@H]1CCS(=O)(=O)C1. The van der Waals surface area contributed by atoms with E-state index in [2.05, 4.69) is 0 Å². The van der Waals surface area contributed by atoms with E-state index in [1.807, 2.05) is 23.6 Å². The van der Waals surface area contributed by atoms with E-state index < -0.39 is 34.4 Å². The predicted octanol–water partition coefficient (Wildman–Crippen LogP) is 2.05. The van der Waals surface area contributed by atoms with Crippen molar-refractivity contribution in [1.29, 1.82) is 0 Å². The number of thiophene rings is 1. The Morgan fingerprint density at radius 1 is 1.15 bits per heavy atom. The van der Waals surface area contributed by atoms with E-state index in [1.165, 1.54) is 16.2 Å². The first-order valence-corrected chi connectivity index (χ1v) is 10.9. The van der Waals surface area contributed by atoms with Gasteiger partial charge in [-0.1, -0.05) is 24.3 Å². The molecular weight excluding hydrogens is 374 g/mol. The molecule has 1 atom stereocenters. The van der Waals surface area contributed by atoms with Crippen LogP contribution >= 0.6 is 11.3 Å². The molecule has 0 spiro atoms. The summed E-state index contributed by atoms with van der Waals surface area (Å²) in [6.45, 7) is -0.407. The summed E-state index contributed by atoms with van der Waals surface area (Å²) >= 11 is 1.45. The molecule has 26 heavy (non-hydrogen) atoms. The highest BCUT2D eigenvalue weighted by atomic mass is 32.2. The van der Waals surface area contributed by atoms with Crippen molar-refractivity contribution in [2.24, 2.45) is 0 Å². The van der Waals surface area contributed by atoms with Crippen molar-refractivity contribution in [3.8, 4) is 0 Å². The standard InChI is InChI=1S/C18H19NO5S2/c20-17(12-24-18(21)11-16-7-4-9-25-16)19(14-5-2-1-3-6-14)15-8-10-26(22,23)13-15/h1-7,9,15H,8,10-13H2/t15-/m0/s1. The smallest absolute Gasteiger partial charge is 0.311 e. The molecule has 1 aliphatic heterocycles. The highest BCUT2D eigenvalue weighted by molar-refractivity contribution is 7.91. The zero-order valence-corrected chi connectivity index (χ0v) is 15.7. The van der Waals surface area contributed by atoms with Gasteiger partial charge in [-0.25, -0.2) is 8.42 Å². The van der Waals surface area contributed by atoms with Crippen molar-refractivity contribution >= 4 is 38.7 Å². The average Bonchev–Trinajstić information content (AvgIpc) is 3.24. The molecule has 6 nitrogen and oxygen atoms in total. The molecule has 0 saturated carbocycles. The third kappa shape index (κ3) is 4.70. The van der Waals surface area contributed by atoms with Gasteiger partial charge in [0.25, 0.3) is 5.91 Å². The van der Waals surface area contributed by atoms with Gasteiger partial charge in [-0.15, -0.1) is 11.3 Å². The summed E-state index contributed by atoms with van der Waals surface area (Å²) in [5.74, 6) is -0.908. The first-order valence-electron chi connectivity index (χ1n) is 8.20. The Morgan fingerprint density at radius 2 is 1.92 bits per heavy atom. The van der Waals surface area contributed by atoms with Crippen LogP contribution in [0.1, 0.15) is 11.3 Å². The second-order valence-electron chi connectivity index (χ2n) is 6.07. The maximum Gasteiger partial charge on any atom is 0.311 e. The number of rotatable bonds is 6. The fourth-order valence-corrected chi connectivity index (χ4v) is 5.33. The van der Waals surface area contributed by atoms with Crippen LogP contribution in [-0.2, 0) is 30.6 Å². The summed E-state index contributed by atoms with van der Waals surface area (Å²) in [4.78, 5) is 26.9. The van der Waals surface area contributed by atoms with E-state index in [4.69, 9.17) is 4.74 Å². The van der Waals surface area contributed by atoms with Crippen molar-refractivity contribution in [3.05, 3.63) is 52.7 Å². The van der Waals surface area contributed by atoms with E-state index in [-0.39, 0.29) is 17.9 Å². The Kier molecular flexibility index (Phi) is 5.73. The van der Waals surface area contributed by atoms with Crippen LogP contribution < -0.4 is 4.90 Å². The summed E-state index contributed by atoms with van der Waals surface area (Å²) in [6, 6.07) is 12.1. The van der Waals surface area contributed by atoms with Crippen molar-refractivity contribution in [1.82, 2.24) is 0 Å². The first-order chi connectivity index (χ1) is 12.4. The monoisotopic (exact) mass is 393 g/mol. The number of nitrogens with zero attached hydrogens (tertiary/aromatic N) is 1. The fraction of sp³-hybridized carbons (Fsp3) is 0.333. The molecule has 2 heterocycles. The number of benzene rings is 1. The number of sulfone groups is 1. The minimum atomic E-state index is -3.15. The molecule has 2 aromatic rings. The Hall–Kier alpha value is -2.19. The first kappa shape index (κ1) is 18.6. The van der Waals surface area contributed by atoms with Crippen LogP contribution in [-0.4, -0.2) is 44.4 Å². The van der Waals surface area contributed by atoms with Crippen molar-refractivity contribution in [2.45, 2.75) is 18.9 Å². The predicted molar refractivity (Wildman–Crippen MR) is 100.0 cm³/mol. The number of esters is 1. The number of carbonyl (C=O) groups excluding carboxylic acids is 2. The van der Waals surface area contributed by atoms with Gasteiger partial charge < -0.3 is 9.64 Å². The largest absolute Gasteiger partial charge is 0.455 e. The minimum Gasteiger partial charge on any atom is -0.455 e. The zero-order chi connectivity index (χ0) is 18.6. The maximum absolute atomic E-state index is 12.7. The number of ether oxygens (including phenoxy) is 1. The van der Waals surface area contributed by atoms with Gasteiger partial charge in [0.15, 0.2) is 16.4 Å². The number of amides is 1. The number of para-hydroxylation sites is 1. The molecule has 0 N–H and O–H groups in total. The Labute approximate surface area is 156 Å². The molecule has 0 bridgehead atoms. The molecule has 3 rings (SSSR count). The lowest BCUT2D eigenvalue weighted by atomic mass is 10.2. The molecule has 8 heteroatoms. The topological polar surface area (TPSA) is 80.8 Å². The summed E-state index contributed by atoms with van der Waals surface area (Å²) in [7, 11) is -3.15. The normalized spacial score (nSPS) is 18.4. The summed E-state index contributed by atoms with van der Waals surface area (Å²) in [6.07, 6.45) is 0.500. The molecule has 1 saturated heterocycles. The Morgan fingerprint density at radius 3 is 2.54 bits per heavy atom. The van der Waals surface area contributed by atoms with Crippen LogP contribution in [0.5, 0.6) is 0 Å². The van der Waals surface area contributed by atoms with Crippen molar-refractivity contribution < 1.29 is 22.7 Å². The molecule has 138 valence electrons. The van der Waals surface area contributed by atoms with Crippen molar-refractivity contribution in [2.75, 3.05) is 23.0 Å². The lowest BCUT2D eigenvalue weighted by molar-refractivity contribution is -0.147. The Balaban J connectivity index is 1.68. The van der Waals surface area contributed by atoms with Gasteiger partial charge >= 0.3 is 5.97 Å². The van der Waals surface area contributed by atoms with E-state index in [0.29, 0.717) is 12.1 Å². The van der Waals surface area contributed by atoms with Crippen LogP contribution in [0, 0.1) is 0 Å². The van der Waals surface area contributed by atoms with E-state index in [1.54, 1.807) is 24.3 Å². The highest BCUT2D eigenvalue weighted by Gasteiger charge is 2.35. The lowest BCUT2D eigenvalue weighted by Crippen LogP contribution is -2.43. The fourth-order valence-electron chi connectivity index (χ4n) is 2.94. The molecule has 1 aromatic heterocycles. The van der Waals surface area contributed by atoms with Crippen LogP contribution in [0.2, 0.25) is 0 Å². The summed E-state index contributed by atoms with van der Waals surface area (Å²) in [5.41, 5.74) is 0.605. The summed E-state index contributed by atoms with van der Waals surface area (Å²) < 4.78 is 28.8. The quantitative estimate of drug-likeness (QED) is 0.702. The van der Waals surface area contributed by atoms with Gasteiger partial charge in [0.1, 0.15) is 0 Å². The van der Waals surface area contributed by atoms with Gasteiger partial charge in [0.2, 0.25) is 0 Å². The van der Waals surface area contributed by atoms with E-state index in [0.717, 1.165) is 4.88 Å². The van der Waals surface area contributed by atoms with Gasteiger partial charge in [0, 0.05) is 10.6 Å². The van der Waals surface area contributed by atoms with E-state index >= 15 is 0 Å². The van der Waals surface area contributed by atoms with Crippen LogP contribution in [0.3, 0.4) is 0 Å². The maximum atomic E-state index is 12.7. The highest BCUT2D eigenvalue weighted by Crippen LogP contribution is 2.24. The third-order valence-electron chi connectivity index (χ3n) is 4.13. The zero-order valence-electron chi connectivity index (χ0n) is 14.0. The van der Waals surface area contributed by atoms with Gasteiger partial charge in [-0.05, 0) is 30.0 Å². The molecule has 1 aliphatic rings. The Bertz CT molecular complexity index is 862. The number of hydrogen-bond acceptors (Lipinski definition) is 6. The van der Waals surface area contributed by atoms with Gasteiger partial charge in [-0.3, -0.25) is 9.59 Å². The minimum absolute atomic E-state index is 0.0620. The van der Waals surface area contributed by atoms with E-state index in [9.17, 15) is 18.0 Å². The second kappa shape index (κ2) is 8.01. The van der Waals surface area contributed by atoms with Crippen LogP contribution in [0.15, 0.2) is 47.8 Å². The molecule has 0 unspecified atom stereocenters. The lowest BCUT2D eigenvalue weighted by Gasteiger charge is -2.28. The average molecular weight is 393 g/mol. The molecule has 1 fully saturated rings.